The third-order valence-electron chi connectivity index (χ3n) is 0. The minimum absolute atomic E-state index is 0. The third kappa shape index (κ3) is 537000. The van der Waals surface area contributed by atoms with Crippen LogP contribution in [0.25, 0.3) is 0 Å². The van der Waals surface area contributed by atoms with Crippen molar-refractivity contribution >= 4 is 144 Å². The molecule has 0 amide bonds. The fourth-order valence-corrected chi connectivity index (χ4v) is 0. The van der Waals surface area contributed by atoms with Crippen molar-refractivity contribution < 1.29 is 75.0 Å². The fraction of sp³-hybridized carbons (Fsp3) is 0. The van der Waals surface area contributed by atoms with Crippen LogP contribution in [0.5, 0.6) is 0 Å². The topological polar surface area (TPSA) is 288 Å². The van der Waals surface area contributed by atoms with Gasteiger partial charge in [-0.3, -0.25) is 0 Å². The Morgan fingerprint density at radius 1 is 0.304 bits per heavy atom. The van der Waals surface area contributed by atoms with Crippen LogP contribution in [-0.4, -0.2) is 195 Å². The molecule has 0 aromatic rings. The molecule has 0 unspecified atom stereocenters. The Morgan fingerprint density at radius 2 is 0.304 bits per heavy atom. The molecule has 0 atom stereocenters. The average molecular weight is 436 g/mol. The van der Waals surface area contributed by atoms with Gasteiger partial charge < -0.3 is 51.1 Å². The van der Waals surface area contributed by atoms with E-state index in [0.29, 0.717) is 0 Å². The number of carboxylic acid groups (broad SMARTS) is 10. The van der Waals surface area contributed by atoms with Crippen molar-refractivity contribution in [3.8, 4) is 0 Å². The van der Waals surface area contributed by atoms with Gasteiger partial charge in [0.1, 0.15) is 0 Å². The van der Waals surface area contributed by atoms with E-state index in [-0.39, 0.29) is 113 Å². The summed E-state index contributed by atoms with van der Waals surface area (Å²) in [5.41, 5.74) is 0. The van der Waals surface area contributed by atoms with Gasteiger partial charge >= 0.3 is 144 Å². The first-order chi connectivity index (χ1) is 8.66. The third-order valence-corrected chi connectivity index (χ3v) is 0. The molecule has 0 aliphatic rings. The van der Waals surface area contributed by atoms with E-state index in [4.69, 9.17) is 75.0 Å². The molecule has 0 rings (SSSR count). The summed E-state index contributed by atoms with van der Waals surface area (Å²) in [7, 11) is 0. The molecule has 0 bridgehead atoms. The van der Waals surface area contributed by atoms with Gasteiger partial charge in [0, 0.05) is 0 Å². The van der Waals surface area contributed by atoms with Crippen molar-refractivity contribution in [1.82, 2.24) is 0 Å². The van der Waals surface area contributed by atoms with Gasteiger partial charge in [-0.2, -0.15) is 0 Å². The molecule has 15 nitrogen and oxygen atoms in total. The van der Waals surface area contributed by atoms with E-state index in [9.17, 15) is 0 Å². The Hall–Kier alpha value is 0.129. The van der Waals surface area contributed by atoms with Crippen LogP contribution in [0, 0.1) is 0 Å². The molecule has 0 spiro atoms. The van der Waals surface area contributed by atoms with Gasteiger partial charge in [-0.25, -0.2) is 24.0 Å². The number of hydrogen-bond acceptors (Lipinski definition) is 5. The zero-order chi connectivity index (χ0) is 17.9. The van der Waals surface area contributed by atoms with Crippen LogP contribution < -0.4 is 0 Å². The second-order valence-electron chi connectivity index (χ2n) is 1.41. The second kappa shape index (κ2) is 43.2. The molecule has 0 aromatic carbocycles. The van der Waals surface area contributed by atoms with Crippen molar-refractivity contribution in [2.24, 2.45) is 0 Å². The van der Waals surface area contributed by atoms with Crippen molar-refractivity contribution in [2.45, 2.75) is 0 Å². The van der Waals surface area contributed by atoms with E-state index in [1.807, 2.05) is 0 Å². The summed E-state index contributed by atoms with van der Waals surface area (Å²) < 4.78 is 0. The number of rotatable bonds is 0. The summed E-state index contributed by atoms with van der Waals surface area (Å²) in [6.45, 7) is 0. The van der Waals surface area contributed by atoms with Gasteiger partial charge in [-0.15, -0.1) is 0 Å². The van der Waals surface area contributed by atoms with Crippen LogP contribution in [0.2, 0.25) is 0 Å². The van der Waals surface area contributed by atoms with Crippen molar-refractivity contribution in [3.05, 3.63) is 0 Å². The molecule has 0 radical (unpaired) electrons. The SMILES string of the molecule is O=C(O)O.O=C(O)O.O=C(O)O.O=C(O)O.O=C(O)O.[CaH2].[CaH2].[CaH2]. The Bertz CT molecular complexity index is 214. The molecule has 10 N–H and O–H groups in total. The molecule has 0 saturated heterocycles. The Kier molecular flexibility index (Phi) is 92.9. The predicted octanol–water partition coefficient (Wildman–Crippen LogP) is -1.64. The van der Waals surface area contributed by atoms with Gasteiger partial charge in [0.05, 0.1) is 0 Å². The molecule has 0 aliphatic carbocycles. The first-order valence-electron chi connectivity index (χ1n) is 3.26. The first kappa shape index (κ1) is 49.5. The van der Waals surface area contributed by atoms with Crippen molar-refractivity contribution in [2.75, 3.05) is 0 Å². The van der Waals surface area contributed by atoms with Crippen LogP contribution in [0.1, 0.15) is 0 Å². The van der Waals surface area contributed by atoms with E-state index in [0.717, 1.165) is 0 Å². The number of hydrogen-bond donors (Lipinski definition) is 10. The van der Waals surface area contributed by atoms with E-state index in [2.05, 4.69) is 0 Å². The molecule has 0 aliphatic heterocycles. The van der Waals surface area contributed by atoms with Crippen molar-refractivity contribution in [1.29, 1.82) is 0 Å². The molecular formula is C5H16Ca3O15. The van der Waals surface area contributed by atoms with Crippen LogP contribution in [-0.2, 0) is 0 Å². The quantitative estimate of drug-likeness (QED) is 0.190. The average Bonchev–Trinajstić information content (AvgIpc) is 1.94. The Labute approximate surface area is 215 Å². The van der Waals surface area contributed by atoms with Gasteiger partial charge in [-0.05, 0) is 0 Å². The standard InChI is InChI=1S/5CH2O3.3Ca.6H/c5*2-1(3)4;;;;;;;;;/h5*(H2,2,3,4);;;;;;;;;. The maximum absolute atomic E-state index is 8.56. The normalized spacial score (nSPS) is 5.22. The minimum atomic E-state index is -1.83. The summed E-state index contributed by atoms with van der Waals surface area (Å²) in [6.07, 6.45) is -9.17. The van der Waals surface area contributed by atoms with Gasteiger partial charge in [0.15, 0.2) is 0 Å². The van der Waals surface area contributed by atoms with Gasteiger partial charge in [0.25, 0.3) is 0 Å². The monoisotopic (exact) mass is 436 g/mol. The molecule has 23 heavy (non-hydrogen) atoms. The summed E-state index contributed by atoms with van der Waals surface area (Å²) in [6, 6.07) is 0. The summed E-state index contributed by atoms with van der Waals surface area (Å²) in [5, 5.41) is 69.7. The molecular weight excluding hydrogens is 420 g/mol. The van der Waals surface area contributed by atoms with Crippen LogP contribution in [0.15, 0.2) is 0 Å². The second-order valence-corrected chi connectivity index (χ2v) is 1.41. The van der Waals surface area contributed by atoms with E-state index >= 15 is 0 Å². The molecule has 0 heterocycles. The van der Waals surface area contributed by atoms with Gasteiger partial charge in [0.2, 0.25) is 0 Å². The van der Waals surface area contributed by atoms with Gasteiger partial charge in [-0.1, -0.05) is 0 Å². The molecule has 0 fully saturated rings. The predicted molar refractivity (Wildman–Crippen MR) is 78.9 cm³/mol. The van der Waals surface area contributed by atoms with E-state index < -0.39 is 30.8 Å². The zero-order valence-electron chi connectivity index (χ0n) is 9.01. The molecule has 18 heteroatoms. The van der Waals surface area contributed by atoms with Crippen LogP contribution >= 0.6 is 0 Å². The van der Waals surface area contributed by atoms with E-state index in [1.165, 1.54) is 0 Å². The summed E-state index contributed by atoms with van der Waals surface area (Å²) >= 11 is 0. The van der Waals surface area contributed by atoms with Crippen molar-refractivity contribution in [3.63, 3.8) is 0 Å². The summed E-state index contributed by atoms with van der Waals surface area (Å²) in [5.74, 6) is 0. The molecule has 0 aromatic heterocycles. The number of carbonyl (C=O) groups is 5. The van der Waals surface area contributed by atoms with E-state index in [1.54, 1.807) is 0 Å². The first-order valence-corrected chi connectivity index (χ1v) is 3.26. The summed E-state index contributed by atoms with van der Waals surface area (Å²) in [4.78, 5) is 42.8. The molecule has 132 valence electrons. The van der Waals surface area contributed by atoms with Crippen LogP contribution in [0.4, 0.5) is 24.0 Å². The van der Waals surface area contributed by atoms with Crippen LogP contribution in [0.3, 0.4) is 0 Å². The Balaban J connectivity index is -0.0000000197. The maximum atomic E-state index is 8.56. The zero-order valence-corrected chi connectivity index (χ0v) is 9.01. The Morgan fingerprint density at radius 3 is 0.304 bits per heavy atom. The fourth-order valence-electron chi connectivity index (χ4n) is 0. The molecule has 0 saturated carbocycles.